The van der Waals surface area contributed by atoms with Crippen LogP contribution in [-0.2, 0) is 33.6 Å². The number of nitrogens with one attached hydrogen (secondary N) is 3. The van der Waals surface area contributed by atoms with E-state index in [2.05, 4.69) is 16.0 Å². The molecule has 0 unspecified atom stereocenters. The van der Waals surface area contributed by atoms with E-state index in [1.807, 2.05) is 55.5 Å². The second-order valence-corrected chi connectivity index (χ2v) is 11.1. The molecule has 3 atom stereocenters. The second-order valence-electron chi connectivity index (χ2n) is 11.1. The molecule has 10 nitrogen and oxygen atoms in total. The van der Waals surface area contributed by atoms with Gasteiger partial charge in [0.1, 0.15) is 30.2 Å². The number of amides is 3. The Hall–Kier alpha value is -4.41. The number of ether oxygens (including phenoxy) is 1. The largest absolute Gasteiger partial charge is 0.508 e. The van der Waals surface area contributed by atoms with Crippen LogP contribution in [0.3, 0.4) is 0 Å². The average Bonchev–Trinajstić information content (AvgIpc) is 3.01. The minimum atomic E-state index is -1.22. The molecule has 10 heteroatoms. The van der Waals surface area contributed by atoms with Crippen LogP contribution in [0.15, 0.2) is 72.8 Å². The molecule has 0 aromatic heterocycles. The fraction of sp³-hybridized carbons (Fsp3) is 0.382. The van der Waals surface area contributed by atoms with Gasteiger partial charge in [0.15, 0.2) is 0 Å². The number of para-hydroxylation sites is 1. The van der Waals surface area contributed by atoms with E-state index in [1.54, 1.807) is 24.3 Å². The predicted molar refractivity (Wildman–Crippen MR) is 167 cm³/mol. The predicted octanol–water partition coefficient (Wildman–Crippen LogP) is 1.89. The highest BCUT2D eigenvalue weighted by Crippen LogP contribution is 2.20. The van der Waals surface area contributed by atoms with Crippen molar-refractivity contribution >= 4 is 17.7 Å². The molecule has 3 aromatic rings. The van der Waals surface area contributed by atoms with Crippen LogP contribution in [0.5, 0.6) is 11.5 Å². The number of rotatable bonds is 5. The molecule has 3 aromatic carbocycles. The number of aryl methyl sites for hydroxylation is 2. The van der Waals surface area contributed by atoms with Gasteiger partial charge in [-0.15, -0.1) is 0 Å². The average molecular weight is 603 g/mol. The third kappa shape index (κ3) is 9.05. The van der Waals surface area contributed by atoms with E-state index in [4.69, 9.17) is 4.74 Å². The van der Waals surface area contributed by atoms with Crippen molar-refractivity contribution in [3.8, 4) is 11.5 Å². The Morgan fingerprint density at radius 3 is 2.39 bits per heavy atom. The van der Waals surface area contributed by atoms with Crippen molar-refractivity contribution in [3.05, 3.63) is 95.1 Å². The smallest absolute Gasteiger partial charge is 0.245 e. The normalized spacial score (nSPS) is 20.8. The molecular weight excluding hydrogens is 560 g/mol. The number of carbonyl (C=O) groups is 3. The summed E-state index contributed by atoms with van der Waals surface area (Å²) in [5.74, 6) is -0.525. The van der Waals surface area contributed by atoms with Gasteiger partial charge in [0.25, 0.3) is 0 Å². The summed E-state index contributed by atoms with van der Waals surface area (Å²) in [7, 11) is 1.47. The van der Waals surface area contributed by atoms with Gasteiger partial charge in [-0.1, -0.05) is 60.2 Å². The summed E-state index contributed by atoms with van der Waals surface area (Å²) < 4.78 is 6.07. The highest BCUT2D eigenvalue weighted by Gasteiger charge is 2.33. The fourth-order valence-corrected chi connectivity index (χ4v) is 5.31. The van der Waals surface area contributed by atoms with Gasteiger partial charge in [0, 0.05) is 26.6 Å². The summed E-state index contributed by atoms with van der Waals surface area (Å²) in [6.07, 6.45) is 1.87. The Bertz CT molecular complexity index is 1410. The van der Waals surface area contributed by atoms with Crippen molar-refractivity contribution < 1.29 is 29.3 Å². The lowest BCUT2D eigenvalue weighted by Crippen LogP contribution is -2.58. The number of hydrogen-bond donors (Lipinski definition) is 5. The van der Waals surface area contributed by atoms with Crippen molar-refractivity contribution in [3.63, 3.8) is 0 Å². The van der Waals surface area contributed by atoms with E-state index < -0.39 is 36.5 Å². The van der Waals surface area contributed by atoms with E-state index in [0.29, 0.717) is 32.5 Å². The minimum Gasteiger partial charge on any atom is -0.508 e. The van der Waals surface area contributed by atoms with Crippen LogP contribution in [0, 0.1) is 6.92 Å². The molecule has 44 heavy (non-hydrogen) atoms. The van der Waals surface area contributed by atoms with Gasteiger partial charge in [0.2, 0.25) is 17.7 Å². The highest BCUT2D eigenvalue weighted by atomic mass is 16.5. The Morgan fingerprint density at radius 1 is 0.886 bits per heavy atom. The maximum Gasteiger partial charge on any atom is 0.245 e. The first-order valence-electron chi connectivity index (χ1n) is 15.0. The van der Waals surface area contributed by atoms with E-state index in [9.17, 15) is 24.6 Å². The van der Waals surface area contributed by atoms with Crippen molar-refractivity contribution in [1.82, 2.24) is 20.9 Å². The first-order chi connectivity index (χ1) is 21.2. The summed E-state index contributed by atoms with van der Waals surface area (Å²) in [5.41, 5.74) is 3.72. The number of phenols is 1. The Kier molecular flexibility index (Phi) is 11.7. The van der Waals surface area contributed by atoms with Crippen molar-refractivity contribution in [2.45, 2.75) is 50.7 Å². The Morgan fingerprint density at radius 2 is 1.64 bits per heavy atom. The zero-order valence-corrected chi connectivity index (χ0v) is 25.3. The van der Waals surface area contributed by atoms with Gasteiger partial charge in [-0.3, -0.25) is 14.4 Å². The molecule has 0 saturated carbocycles. The SMILES string of the molecule is Cc1cccc(C[C@@H]2NC(=O)[C@H](CO)N(C)C(=O)[C@H](Cc3ccc(O)cc3)NCCOc3ccccc3CCCNC2=O)c1. The van der Waals surface area contributed by atoms with E-state index in [0.717, 1.165) is 28.0 Å². The molecule has 0 fully saturated rings. The van der Waals surface area contributed by atoms with Gasteiger partial charge in [0.05, 0.1) is 12.6 Å². The van der Waals surface area contributed by atoms with Crippen molar-refractivity contribution in [2.75, 3.05) is 33.4 Å². The molecule has 0 aliphatic carbocycles. The molecule has 5 N–H and O–H groups in total. The maximum atomic E-state index is 13.8. The number of aliphatic hydroxyl groups excluding tert-OH is 1. The van der Waals surface area contributed by atoms with Crippen LogP contribution in [0.2, 0.25) is 0 Å². The van der Waals surface area contributed by atoms with Crippen LogP contribution >= 0.6 is 0 Å². The Balaban J connectivity index is 1.61. The molecule has 0 spiro atoms. The van der Waals surface area contributed by atoms with Gasteiger partial charge < -0.3 is 35.8 Å². The lowest BCUT2D eigenvalue weighted by atomic mass is 10.0. The molecule has 1 aliphatic heterocycles. The lowest BCUT2D eigenvalue weighted by molar-refractivity contribution is -0.142. The molecule has 3 amide bonds. The highest BCUT2D eigenvalue weighted by molar-refractivity contribution is 5.93. The number of aliphatic hydroxyl groups is 1. The third-order valence-corrected chi connectivity index (χ3v) is 7.77. The first-order valence-corrected chi connectivity index (χ1v) is 15.0. The van der Waals surface area contributed by atoms with Gasteiger partial charge in [-0.05, 0) is 61.1 Å². The molecule has 1 heterocycles. The number of benzene rings is 3. The summed E-state index contributed by atoms with van der Waals surface area (Å²) in [6.45, 7) is 2.37. The van der Waals surface area contributed by atoms with Gasteiger partial charge >= 0.3 is 0 Å². The Labute approximate surface area is 258 Å². The summed E-state index contributed by atoms with van der Waals surface area (Å²) in [4.78, 5) is 41.9. The zero-order valence-electron chi connectivity index (χ0n) is 25.3. The standard InChI is InChI=1S/C34H42N4O6/c1-23-7-5-8-25(19-23)21-28-32(41)36-16-6-10-26-9-3-4-11-31(26)44-18-17-35-29(20-24-12-14-27(40)15-13-24)34(43)38(2)30(22-39)33(42)37-28/h3-5,7-9,11-15,19,28-30,35,39-40H,6,10,16-18,20-22H2,1-2H3,(H,36,41)(H,37,42)/t28-,29-,30-/m0/s1. The minimum absolute atomic E-state index is 0.114. The third-order valence-electron chi connectivity index (χ3n) is 7.77. The van der Waals surface area contributed by atoms with Crippen molar-refractivity contribution in [1.29, 1.82) is 0 Å². The number of carbonyl (C=O) groups excluding carboxylic acids is 3. The number of likely N-dealkylation sites (N-methyl/N-ethyl adjacent to an activating group) is 1. The maximum absolute atomic E-state index is 13.8. The molecule has 1 aliphatic rings. The lowest BCUT2D eigenvalue weighted by Gasteiger charge is -2.31. The number of nitrogens with zero attached hydrogens (tertiary/aromatic N) is 1. The van der Waals surface area contributed by atoms with Gasteiger partial charge in [-0.25, -0.2) is 0 Å². The van der Waals surface area contributed by atoms with Crippen LogP contribution in [0.4, 0.5) is 0 Å². The topological polar surface area (TPSA) is 140 Å². The van der Waals surface area contributed by atoms with Crippen LogP contribution in [0.1, 0.15) is 28.7 Å². The molecule has 0 bridgehead atoms. The molecular formula is C34H42N4O6. The van der Waals surface area contributed by atoms with E-state index >= 15 is 0 Å². The van der Waals surface area contributed by atoms with Crippen LogP contribution in [0.25, 0.3) is 0 Å². The second kappa shape index (κ2) is 15.9. The van der Waals surface area contributed by atoms with Crippen LogP contribution < -0.4 is 20.7 Å². The first kappa shape index (κ1) is 32.5. The fourth-order valence-electron chi connectivity index (χ4n) is 5.31. The summed E-state index contributed by atoms with van der Waals surface area (Å²) in [5, 5.41) is 29.0. The number of fused-ring (bicyclic) bond motifs is 1. The monoisotopic (exact) mass is 602 g/mol. The van der Waals surface area contributed by atoms with Crippen molar-refractivity contribution in [2.24, 2.45) is 0 Å². The quantitative estimate of drug-likeness (QED) is 0.301. The zero-order chi connectivity index (χ0) is 31.5. The summed E-state index contributed by atoms with van der Waals surface area (Å²) in [6, 6.07) is 19.1. The molecule has 0 saturated heterocycles. The van der Waals surface area contributed by atoms with E-state index in [-0.39, 0.29) is 24.5 Å². The van der Waals surface area contributed by atoms with Crippen LogP contribution in [-0.4, -0.2) is 84.3 Å². The number of aromatic hydroxyl groups is 1. The van der Waals surface area contributed by atoms with E-state index in [1.165, 1.54) is 11.9 Å². The van der Waals surface area contributed by atoms with Gasteiger partial charge in [-0.2, -0.15) is 0 Å². The molecule has 4 rings (SSSR count). The molecule has 0 radical (unpaired) electrons. The number of hydrogen-bond acceptors (Lipinski definition) is 7. The molecule has 234 valence electrons. The summed E-state index contributed by atoms with van der Waals surface area (Å²) >= 11 is 0. The number of phenolic OH excluding ortho intramolecular Hbond substituents is 1.